The first-order valence-electron chi connectivity index (χ1n) is 7.69. The highest BCUT2D eigenvalue weighted by Gasteiger charge is 2.35. The third kappa shape index (κ3) is 3.06. The summed E-state index contributed by atoms with van der Waals surface area (Å²) in [5.74, 6) is 0.492. The van der Waals surface area contributed by atoms with Gasteiger partial charge in [-0.2, -0.15) is 0 Å². The van der Waals surface area contributed by atoms with Crippen molar-refractivity contribution in [2.24, 2.45) is 0 Å². The van der Waals surface area contributed by atoms with E-state index in [2.05, 4.69) is 0 Å². The largest absolute Gasteiger partial charge is 0.493 e. The van der Waals surface area contributed by atoms with E-state index in [1.165, 1.54) is 36.4 Å². The van der Waals surface area contributed by atoms with E-state index >= 15 is 0 Å². The number of halogens is 1. The van der Waals surface area contributed by atoms with Gasteiger partial charge in [0.1, 0.15) is 5.75 Å². The van der Waals surface area contributed by atoms with Crippen molar-refractivity contribution in [3.63, 3.8) is 0 Å². The molecule has 0 fully saturated rings. The average Bonchev–Trinajstić information content (AvgIpc) is 2.62. The maximum atomic E-state index is 13.0. The molecule has 0 aromatic heterocycles. The number of rotatable bonds is 5. The number of benzene rings is 3. The molecule has 0 unspecified atom stereocenters. The first-order valence-corrected chi connectivity index (χ1v) is 11.6. The quantitative estimate of drug-likeness (QED) is 0.593. The molecule has 0 aliphatic rings. The van der Waals surface area contributed by atoms with E-state index in [4.69, 9.17) is 16.3 Å². The molecule has 0 bridgehead atoms. The highest BCUT2D eigenvalue weighted by atomic mass is 35.5. The monoisotopic (exact) mass is 410 g/mol. The van der Waals surface area contributed by atoms with Gasteiger partial charge in [0, 0.05) is 15.8 Å². The Morgan fingerprint density at radius 3 is 2.04 bits per heavy atom. The Labute approximate surface area is 156 Å². The Balaban J connectivity index is 2.25. The van der Waals surface area contributed by atoms with Gasteiger partial charge in [0.25, 0.3) is 17.7 Å². The SMILES string of the molecule is CCOc1ccc(S(=O)(=O)S(=O)(=O)c2ccc(Cl)cc2)c2ccccc12. The molecule has 0 aliphatic carbocycles. The molecule has 5 nitrogen and oxygen atoms in total. The fourth-order valence-electron chi connectivity index (χ4n) is 2.59. The summed E-state index contributed by atoms with van der Waals surface area (Å²) < 4.78 is 56.9. The van der Waals surface area contributed by atoms with Crippen molar-refractivity contribution in [2.75, 3.05) is 6.61 Å². The molecular formula is C18H15ClO5S2. The van der Waals surface area contributed by atoms with E-state index in [-0.39, 0.29) is 15.2 Å². The van der Waals surface area contributed by atoms with Crippen LogP contribution in [-0.4, -0.2) is 23.4 Å². The maximum Gasteiger partial charge on any atom is 0.287 e. The lowest BCUT2D eigenvalue weighted by molar-refractivity contribution is 0.344. The summed E-state index contributed by atoms with van der Waals surface area (Å²) in [6.45, 7) is 2.21. The van der Waals surface area contributed by atoms with Gasteiger partial charge in [0.05, 0.1) is 16.4 Å². The summed E-state index contributed by atoms with van der Waals surface area (Å²) in [5.41, 5.74) is 0. The van der Waals surface area contributed by atoms with Crippen LogP contribution in [0.25, 0.3) is 10.8 Å². The molecule has 0 saturated carbocycles. The predicted molar refractivity (Wildman–Crippen MR) is 101 cm³/mol. The molecule has 0 N–H and O–H groups in total. The van der Waals surface area contributed by atoms with Crippen molar-refractivity contribution in [1.29, 1.82) is 0 Å². The van der Waals surface area contributed by atoms with Gasteiger partial charge in [-0.3, -0.25) is 0 Å². The number of ether oxygens (including phenoxy) is 1. The second kappa shape index (κ2) is 6.90. The van der Waals surface area contributed by atoms with Crippen LogP contribution in [0.5, 0.6) is 5.75 Å². The molecule has 3 rings (SSSR count). The summed E-state index contributed by atoms with van der Waals surface area (Å²) in [6.07, 6.45) is 0. The van der Waals surface area contributed by atoms with Crippen molar-refractivity contribution in [2.45, 2.75) is 16.7 Å². The van der Waals surface area contributed by atoms with Gasteiger partial charge < -0.3 is 4.74 Å². The molecule has 0 heterocycles. The number of hydrogen-bond donors (Lipinski definition) is 0. The van der Waals surface area contributed by atoms with Gasteiger partial charge in [-0.1, -0.05) is 35.9 Å². The summed E-state index contributed by atoms with van der Waals surface area (Å²) in [6, 6.07) is 14.4. The summed E-state index contributed by atoms with van der Waals surface area (Å²) >= 11 is 5.76. The minimum Gasteiger partial charge on any atom is -0.493 e. The lowest BCUT2D eigenvalue weighted by Crippen LogP contribution is -2.16. The Morgan fingerprint density at radius 2 is 1.42 bits per heavy atom. The Bertz CT molecular complexity index is 1170. The standard InChI is InChI=1S/C18H15ClO5S2/c1-2-24-17-11-12-18(16-6-4-3-5-15(16)17)26(22,23)25(20,21)14-9-7-13(19)8-10-14/h3-12H,2H2,1H3. The highest BCUT2D eigenvalue weighted by molar-refractivity contribution is 8.67. The third-order valence-electron chi connectivity index (χ3n) is 3.80. The van der Waals surface area contributed by atoms with Crippen LogP contribution < -0.4 is 4.74 Å². The van der Waals surface area contributed by atoms with Crippen molar-refractivity contribution in [3.05, 3.63) is 65.7 Å². The van der Waals surface area contributed by atoms with Gasteiger partial charge in [-0.25, -0.2) is 16.8 Å². The number of hydrogen-bond acceptors (Lipinski definition) is 5. The zero-order valence-corrected chi connectivity index (χ0v) is 16.1. The Morgan fingerprint density at radius 1 is 0.808 bits per heavy atom. The minimum absolute atomic E-state index is 0.286. The minimum atomic E-state index is -4.69. The van der Waals surface area contributed by atoms with Crippen molar-refractivity contribution in [1.82, 2.24) is 0 Å². The molecule has 136 valence electrons. The second-order valence-electron chi connectivity index (χ2n) is 5.40. The van der Waals surface area contributed by atoms with E-state index < -0.39 is 17.7 Å². The molecule has 26 heavy (non-hydrogen) atoms. The lowest BCUT2D eigenvalue weighted by Gasteiger charge is -2.12. The van der Waals surface area contributed by atoms with Crippen LogP contribution in [0.1, 0.15) is 6.92 Å². The van der Waals surface area contributed by atoms with E-state index in [1.807, 2.05) is 6.92 Å². The topological polar surface area (TPSA) is 77.5 Å². The molecule has 0 amide bonds. The summed E-state index contributed by atoms with van der Waals surface area (Å²) in [5, 5.41) is 1.13. The van der Waals surface area contributed by atoms with Crippen LogP contribution in [0.3, 0.4) is 0 Å². The third-order valence-corrected chi connectivity index (χ3v) is 9.23. The van der Waals surface area contributed by atoms with Gasteiger partial charge in [-0.05, 0) is 43.3 Å². The average molecular weight is 411 g/mol. The van der Waals surface area contributed by atoms with E-state index in [0.717, 1.165) is 0 Å². The molecule has 0 saturated heterocycles. The zero-order valence-electron chi connectivity index (χ0n) is 13.7. The smallest absolute Gasteiger partial charge is 0.287 e. The van der Waals surface area contributed by atoms with E-state index in [1.54, 1.807) is 24.3 Å². The van der Waals surface area contributed by atoms with Gasteiger partial charge >= 0.3 is 0 Å². The molecule has 3 aromatic carbocycles. The normalized spacial score (nSPS) is 12.2. The van der Waals surface area contributed by atoms with Gasteiger partial charge in [-0.15, -0.1) is 0 Å². The van der Waals surface area contributed by atoms with Crippen LogP contribution >= 0.6 is 11.6 Å². The number of fused-ring (bicyclic) bond motifs is 1. The highest BCUT2D eigenvalue weighted by Crippen LogP contribution is 2.35. The van der Waals surface area contributed by atoms with Crippen LogP contribution in [-0.2, 0) is 17.7 Å². The molecule has 3 aromatic rings. The van der Waals surface area contributed by atoms with Crippen LogP contribution in [0.15, 0.2) is 70.5 Å². The van der Waals surface area contributed by atoms with Crippen LogP contribution in [0.4, 0.5) is 0 Å². The fraction of sp³-hybridized carbons (Fsp3) is 0.111. The maximum absolute atomic E-state index is 13.0. The zero-order chi connectivity index (χ0) is 18.9. The van der Waals surface area contributed by atoms with Gasteiger partial charge in [0.15, 0.2) is 0 Å². The molecule has 0 atom stereocenters. The van der Waals surface area contributed by atoms with Crippen molar-refractivity contribution < 1.29 is 21.6 Å². The van der Waals surface area contributed by atoms with Gasteiger partial charge in [0.2, 0.25) is 0 Å². The lowest BCUT2D eigenvalue weighted by atomic mass is 10.1. The van der Waals surface area contributed by atoms with Crippen LogP contribution in [0, 0.1) is 0 Å². The molecule has 0 spiro atoms. The van der Waals surface area contributed by atoms with Crippen molar-refractivity contribution >= 4 is 40.1 Å². The molecule has 0 radical (unpaired) electrons. The molecule has 8 heteroatoms. The second-order valence-corrected chi connectivity index (χ2v) is 11.2. The summed E-state index contributed by atoms with van der Waals surface area (Å²) in [7, 11) is -9.34. The molecular weight excluding hydrogens is 396 g/mol. The molecule has 0 aliphatic heterocycles. The fourth-order valence-corrected chi connectivity index (χ4v) is 6.60. The first kappa shape index (κ1) is 18.7. The summed E-state index contributed by atoms with van der Waals surface area (Å²) in [4.78, 5) is -0.619. The predicted octanol–water partition coefficient (Wildman–Crippen LogP) is 4.05. The first-order chi connectivity index (χ1) is 12.3. The van der Waals surface area contributed by atoms with E-state index in [0.29, 0.717) is 22.8 Å². The Hall–Kier alpha value is -2.09. The van der Waals surface area contributed by atoms with Crippen LogP contribution in [0.2, 0.25) is 5.02 Å². The van der Waals surface area contributed by atoms with Crippen molar-refractivity contribution in [3.8, 4) is 5.75 Å². The Kier molecular flexibility index (Phi) is 4.96. The van der Waals surface area contributed by atoms with E-state index in [9.17, 15) is 16.8 Å².